The number of nitrogens with zero attached hydrogens (tertiary/aromatic N) is 4. The highest BCUT2D eigenvalue weighted by atomic mass is 15.3. The van der Waals surface area contributed by atoms with E-state index in [-0.39, 0.29) is 0 Å². The van der Waals surface area contributed by atoms with E-state index < -0.39 is 0 Å². The standard InChI is InChI=1S/C21H22N6/c1-27(18-6-8-22-9-7-18)21-23-12-17-10-14(4-5-19(17)25-21)15-2-3-16-13-24-26-20(16)11-15/h2-5,10-13,18,22H,6-9H2,1H3,(H,24,26). The number of anilines is 1. The molecule has 4 aromatic rings. The lowest BCUT2D eigenvalue weighted by Crippen LogP contribution is -2.41. The molecule has 1 saturated heterocycles. The van der Waals surface area contributed by atoms with Crippen LogP contribution in [0.3, 0.4) is 0 Å². The number of aromatic amines is 1. The van der Waals surface area contributed by atoms with E-state index in [1.165, 1.54) is 0 Å². The maximum atomic E-state index is 4.81. The zero-order chi connectivity index (χ0) is 18.2. The summed E-state index contributed by atoms with van der Waals surface area (Å²) >= 11 is 0. The maximum absolute atomic E-state index is 4.81. The van der Waals surface area contributed by atoms with Crippen LogP contribution >= 0.6 is 0 Å². The molecular formula is C21H22N6. The van der Waals surface area contributed by atoms with Gasteiger partial charge < -0.3 is 10.2 Å². The number of fused-ring (bicyclic) bond motifs is 2. The van der Waals surface area contributed by atoms with Crippen LogP contribution in [0.1, 0.15) is 12.8 Å². The minimum atomic E-state index is 0.504. The molecule has 2 N–H and O–H groups in total. The molecule has 0 unspecified atom stereocenters. The van der Waals surface area contributed by atoms with Crippen molar-refractivity contribution >= 4 is 27.8 Å². The summed E-state index contributed by atoms with van der Waals surface area (Å²) in [4.78, 5) is 11.7. The normalized spacial score (nSPS) is 15.4. The van der Waals surface area contributed by atoms with E-state index in [2.05, 4.69) is 68.8 Å². The van der Waals surface area contributed by atoms with Crippen molar-refractivity contribution in [2.75, 3.05) is 25.0 Å². The molecule has 2 aromatic heterocycles. The fourth-order valence-corrected chi connectivity index (χ4v) is 3.85. The predicted molar refractivity (Wildman–Crippen MR) is 109 cm³/mol. The first-order valence-electron chi connectivity index (χ1n) is 9.42. The summed E-state index contributed by atoms with van der Waals surface area (Å²) in [5.41, 5.74) is 4.33. The molecule has 0 aliphatic carbocycles. The number of piperidine rings is 1. The van der Waals surface area contributed by atoms with E-state index in [0.29, 0.717) is 6.04 Å². The second-order valence-corrected chi connectivity index (χ2v) is 7.21. The SMILES string of the molecule is CN(c1ncc2cc(-c3ccc4cn[nH]c4c3)ccc2n1)C1CCNCC1. The lowest BCUT2D eigenvalue weighted by Gasteiger charge is -2.31. The average molecular weight is 358 g/mol. The van der Waals surface area contributed by atoms with Gasteiger partial charge in [0, 0.05) is 30.1 Å². The largest absolute Gasteiger partial charge is 0.341 e. The molecule has 6 nitrogen and oxygen atoms in total. The summed E-state index contributed by atoms with van der Waals surface area (Å²) in [7, 11) is 2.10. The molecule has 0 spiro atoms. The summed E-state index contributed by atoms with van der Waals surface area (Å²) in [5.74, 6) is 0.807. The minimum Gasteiger partial charge on any atom is -0.341 e. The van der Waals surface area contributed by atoms with Crippen molar-refractivity contribution < 1.29 is 0 Å². The Hall–Kier alpha value is -2.99. The predicted octanol–water partition coefficient (Wildman–Crippen LogP) is 3.36. The van der Waals surface area contributed by atoms with Gasteiger partial charge >= 0.3 is 0 Å². The fourth-order valence-electron chi connectivity index (χ4n) is 3.85. The highest BCUT2D eigenvalue weighted by Crippen LogP contribution is 2.27. The van der Waals surface area contributed by atoms with Crippen molar-refractivity contribution in [2.45, 2.75) is 18.9 Å². The van der Waals surface area contributed by atoms with Crippen molar-refractivity contribution in [3.63, 3.8) is 0 Å². The molecule has 0 radical (unpaired) electrons. The van der Waals surface area contributed by atoms with Gasteiger partial charge in [0.25, 0.3) is 0 Å². The summed E-state index contributed by atoms with van der Waals surface area (Å²) in [6.07, 6.45) is 6.04. The number of hydrogen-bond donors (Lipinski definition) is 2. The Morgan fingerprint density at radius 3 is 2.67 bits per heavy atom. The van der Waals surface area contributed by atoms with E-state index in [4.69, 9.17) is 4.98 Å². The van der Waals surface area contributed by atoms with Gasteiger partial charge in [-0.3, -0.25) is 5.10 Å². The van der Waals surface area contributed by atoms with Crippen molar-refractivity contribution in [1.82, 2.24) is 25.5 Å². The van der Waals surface area contributed by atoms with Gasteiger partial charge in [-0.05, 0) is 55.3 Å². The molecule has 0 bridgehead atoms. The highest BCUT2D eigenvalue weighted by molar-refractivity contribution is 5.88. The minimum absolute atomic E-state index is 0.504. The van der Waals surface area contributed by atoms with Gasteiger partial charge in [-0.15, -0.1) is 0 Å². The van der Waals surface area contributed by atoms with E-state index in [9.17, 15) is 0 Å². The first kappa shape index (κ1) is 16.2. The van der Waals surface area contributed by atoms with Crippen LogP contribution in [0.25, 0.3) is 32.9 Å². The van der Waals surface area contributed by atoms with Gasteiger partial charge in [0.05, 0.1) is 17.2 Å². The topological polar surface area (TPSA) is 69.7 Å². The van der Waals surface area contributed by atoms with E-state index in [1.807, 2.05) is 12.4 Å². The quantitative estimate of drug-likeness (QED) is 0.588. The molecule has 5 rings (SSSR count). The third-order valence-corrected chi connectivity index (χ3v) is 5.51. The Morgan fingerprint density at radius 1 is 0.963 bits per heavy atom. The monoisotopic (exact) mass is 358 g/mol. The van der Waals surface area contributed by atoms with Gasteiger partial charge in [-0.25, -0.2) is 9.97 Å². The van der Waals surface area contributed by atoms with E-state index in [1.54, 1.807) is 0 Å². The van der Waals surface area contributed by atoms with Crippen molar-refractivity contribution in [1.29, 1.82) is 0 Å². The molecule has 1 aliphatic rings. The molecule has 0 saturated carbocycles. The van der Waals surface area contributed by atoms with E-state index in [0.717, 1.165) is 64.8 Å². The summed E-state index contributed by atoms with van der Waals surface area (Å²) in [6, 6.07) is 13.2. The Balaban J connectivity index is 1.47. The lowest BCUT2D eigenvalue weighted by atomic mass is 10.0. The third kappa shape index (κ3) is 3.02. The van der Waals surface area contributed by atoms with Crippen molar-refractivity contribution in [2.24, 2.45) is 0 Å². The molecule has 27 heavy (non-hydrogen) atoms. The number of benzene rings is 2. The number of H-pyrrole nitrogens is 1. The summed E-state index contributed by atoms with van der Waals surface area (Å²) in [6.45, 7) is 2.12. The van der Waals surface area contributed by atoms with Gasteiger partial charge in [-0.1, -0.05) is 18.2 Å². The Morgan fingerprint density at radius 2 is 1.78 bits per heavy atom. The summed E-state index contributed by atoms with van der Waals surface area (Å²) in [5, 5.41) is 12.7. The smallest absolute Gasteiger partial charge is 0.225 e. The van der Waals surface area contributed by atoms with Crippen LogP contribution in [0, 0.1) is 0 Å². The molecule has 2 aromatic carbocycles. The third-order valence-electron chi connectivity index (χ3n) is 5.51. The van der Waals surface area contributed by atoms with Crippen LogP contribution in [0.15, 0.2) is 48.8 Å². The zero-order valence-corrected chi connectivity index (χ0v) is 15.3. The van der Waals surface area contributed by atoms with Gasteiger partial charge in [-0.2, -0.15) is 5.10 Å². The number of hydrogen-bond acceptors (Lipinski definition) is 5. The fraction of sp³-hybridized carbons (Fsp3) is 0.286. The van der Waals surface area contributed by atoms with Crippen LogP contribution < -0.4 is 10.2 Å². The van der Waals surface area contributed by atoms with Crippen LogP contribution in [-0.2, 0) is 0 Å². The Kier molecular flexibility index (Phi) is 3.98. The van der Waals surface area contributed by atoms with Crippen molar-refractivity contribution in [3.05, 3.63) is 48.8 Å². The molecule has 1 aliphatic heterocycles. The lowest BCUT2D eigenvalue weighted by molar-refractivity contribution is 0.440. The average Bonchev–Trinajstić information content (AvgIpc) is 3.21. The molecule has 1 fully saturated rings. The Labute approximate surface area is 157 Å². The van der Waals surface area contributed by atoms with Crippen LogP contribution in [0.5, 0.6) is 0 Å². The number of nitrogens with one attached hydrogen (secondary N) is 2. The van der Waals surface area contributed by atoms with Crippen molar-refractivity contribution in [3.8, 4) is 11.1 Å². The first-order chi connectivity index (χ1) is 13.3. The van der Waals surface area contributed by atoms with Crippen LogP contribution in [0.2, 0.25) is 0 Å². The molecule has 6 heteroatoms. The maximum Gasteiger partial charge on any atom is 0.225 e. The summed E-state index contributed by atoms with van der Waals surface area (Å²) < 4.78 is 0. The van der Waals surface area contributed by atoms with Gasteiger partial charge in [0.1, 0.15) is 0 Å². The molecule has 0 amide bonds. The highest BCUT2D eigenvalue weighted by Gasteiger charge is 2.20. The molecule has 136 valence electrons. The second kappa shape index (κ2) is 6.63. The first-order valence-corrected chi connectivity index (χ1v) is 9.42. The van der Waals surface area contributed by atoms with Crippen LogP contribution in [0.4, 0.5) is 5.95 Å². The van der Waals surface area contributed by atoms with E-state index >= 15 is 0 Å². The number of rotatable bonds is 3. The molecular weight excluding hydrogens is 336 g/mol. The second-order valence-electron chi connectivity index (χ2n) is 7.21. The zero-order valence-electron chi connectivity index (χ0n) is 15.3. The van der Waals surface area contributed by atoms with Crippen LogP contribution in [-0.4, -0.2) is 46.3 Å². The van der Waals surface area contributed by atoms with Gasteiger partial charge in [0.2, 0.25) is 5.95 Å². The van der Waals surface area contributed by atoms with Gasteiger partial charge in [0.15, 0.2) is 0 Å². The molecule has 3 heterocycles. The Bertz CT molecular complexity index is 1100. The molecule has 0 atom stereocenters. The number of aromatic nitrogens is 4.